The van der Waals surface area contributed by atoms with Gasteiger partial charge in [0.15, 0.2) is 8.32 Å². The molecule has 3 aliphatic heterocycles. The lowest BCUT2D eigenvalue weighted by Gasteiger charge is -2.37. The number of carbonyl (C=O) groups excluding carboxylic acids is 2. The van der Waals surface area contributed by atoms with E-state index < -0.39 is 8.32 Å². The highest BCUT2D eigenvalue weighted by molar-refractivity contribution is 6.71. The number of aliphatic hydroxyl groups excluding tert-OH is 1. The molecule has 3 aliphatic rings. The Kier molecular flexibility index (Phi) is 9.87. The monoisotopic (exact) mass is 592 g/mol. The molecule has 0 aliphatic carbocycles. The molecule has 228 valence electrons. The zero-order chi connectivity index (χ0) is 29.9. The second-order valence-corrected chi connectivity index (χ2v) is 17.2. The van der Waals surface area contributed by atoms with E-state index in [0.29, 0.717) is 19.4 Å². The molecule has 3 heterocycles. The minimum Gasteiger partial charge on any atom is -0.432 e. The second-order valence-electron chi connectivity index (χ2n) is 13.2. The predicted molar refractivity (Wildman–Crippen MR) is 168 cm³/mol. The summed E-state index contributed by atoms with van der Waals surface area (Å²) >= 11 is 0. The summed E-state index contributed by atoms with van der Waals surface area (Å²) in [5, 5.41) is 10.1. The lowest BCUT2D eigenvalue weighted by Crippen LogP contribution is -2.48. The van der Waals surface area contributed by atoms with Crippen LogP contribution in [0.5, 0.6) is 0 Å². The second kappa shape index (κ2) is 13.4. The Balaban J connectivity index is 1.23. The SMILES string of the molecule is C[C@H]1[C@H]([Si](C)(C)O)[C@@H](CC(=O)N2Cc3ccccc3C[C@H]2CO)O[C@H]1CCc1ccc(N2CCCCCCC2=O)cc1. The van der Waals surface area contributed by atoms with Gasteiger partial charge in [-0.25, -0.2) is 0 Å². The van der Waals surface area contributed by atoms with Gasteiger partial charge in [-0.2, -0.15) is 0 Å². The number of hydrogen-bond donors (Lipinski definition) is 2. The summed E-state index contributed by atoms with van der Waals surface area (Å²) in [4.78, 5) is 41.4. The van der Waals surface area contributed by atoms with Crippen LogP contribution in [0.1, 0.15) is 68.6 Å². The van der Waals surface area contributed by atoms with E-state index in [9.17, 15) is 19.5 Å². The highest BCUT2D eigenvalue weighted by atomic mass is 28.4. The summed E-state index contributed by atoms with van der Waals surface area (Å²) in [7, 11) is -2.62. The number of benzene rings is 2. The lowest BCUT2D eigenvalue weighted by atomic mass is 9.93. The standard InChI is InChI=1S/C34H48N2O5Si/c1-24-30(18-15-25-13-16-28(17-14-25)35-19-9-5-4-6-12-32(35)38)41-31(34(24)42(2,3)40)21-33(39)36-22-27-11-8-7-10-26(27)20-29(36)23-37/h7-8,10-11,13-14,16-17,24,29-31,34,37,40H,4-6,9,12,15,18-23H2,1-3H3/t24-,29+,30+,31-,34+/m1/s1. The molecular formula is C34H48N2O5Si. The molecule has 0 aromatic heterocycles. The number of anilines is 1. The molecule has 2 N–H and O–H groups in total. The van der Waals surface area contributed by atoms with Gasteiger partial charge < -0.3 is 24.4 Å². The summed E-state index contributed by atoms with van der Waals surface area (Å²) in [5.74, 6) is 0.347. The number of hydrogen-bond acceptors (Lipinski definition) is 5. The van der Waals surface area contributed by atoms with Crippen LogP contribution in [0.3, 0.4) is 0 Å². The molecule has 2 saturated heterocycles. The molecule has 0 radical (unpaired) electrons. The molecule has 8 heteroatoms. The van der Waals surface area contributed by atoms with Gasteiger partial charge in [0, 0.05) is 30.7 Å². The van der Waals surface area contributed by atoms with Crippen molar-refractivity contribution in [3.63, 3.8) is 0 Å². The fourth-order valence-corrected chi connectivity index (χ4v) is 10.1. The summed E-state index contributed by atoms with van der Waals surface area (Å²) in [6.45, 7) is 7.28. The highest BCUT2D eigenvalue weighted by Crippen LogP contribution is 2.46. The molecular weight excluding hydrogens is 544 g/mol. The zero-order valence-electron chi connectivity index (χ0n) is 25.5. The summed E-state index contributed by atoms with van der Waals surface area (Å²) in [6, 6.07) is 16.3. The summed E-state index contributed by atoms with van der Waals surface area (Å²) < 4.78 is 6.60. The number of aryl methyl sites for hydroxylation is 1. The van der Waals surface area contributed by atoms with Crippen LogP contribution in [0, 0.1) is 5.92 Å². The molecule has 0 saturated carbocycles. The van der Waals surface area contributed by atoms with Crippen molar-refractivity contribution in [1.29, 1.82) is 0 Å². The van der Waals surface area contributed by atoms with Crippen molar-refractivity contribution in [2.24, 2.45) is 5.92 Å². The van der Waals surface area contributed by atoms with E-state index in [1.807, 2.05) is 35.0 Å². The minimum absolute atomic E-state index is 0.0148. The maximum absolute atomic E-state index is 13.7. The fourth-order valence-electron chi connectivity index (χ4n) is 7.52. The smallest absolute Gasteiger partial charge is 0.226 e. The van der Waals surface area contributed by atoms with Gasteiger partial charge in [0.25, 0.3) is 0 Å². The largest absolute Gasteiger partial charge is 0.432 e. The van der Waals surface area contributed by atoms with Crippen LogP contribution in [0.2, 0.25) is 18.6 Å². The van der Waals surface area contributed by atoms with Gasteiger partial charge >= 0.3 is 0 Å². The number of amides is 2. The summed E-state index contributed by atoms with van der Waals surface area (Å²) in [6.07, 6.45) is 7.10. The van der Waals surface area contributed by atoms with Crippen LogP contribution in [-0.2, 0) is 33.7 Å². The van der Waals surface area contributed by atoms with Crippen LogP contribution >= 0.6 is 0 Å². The number of rotatable bonds is 8. The van der Waals surface area contributed by atoms with Crippen LogP contribution in [0.4, 0.5) is 5.69 Å². The van der Waals surface area contributed by atoms with Gasteiger partial charge in [0.2, 0.25) is 11.8 Å². The van der Waals surface area contributed by atoms with Crippen molar-refractivity contribution in [2.45, 2.75) is 108 Å². The fraction of sp³-hybridized carbons (Fsp3) is 0.588. The molecule has 2 amide bonds. The third kappa shape index (κ3) is 6.99. The van der Waals surface area contributed by atoms with Crippen LogP contribution in [0.25, 0.3) is 0 Å². The Morgan fingerprint density at radius 1 is 1.00 bits per heavy atom. The van der Waals surface area contributed by atoms with Crippen molar-refractivity contribution in [3.05, 3.63) is 65.2 Å². The molecule has 0 unspecified atom stereocenters. The zero-order valence-corrected chi connectivity index (χ0v) is 26.5. The van der Waals surface area contributed by atoms with E-state index in [0.717, 1.165) is 49.9 Å². The first-order valence-electron chi connectivity index (χ1n) is 15.9. The van der Waals surface area contributed by atoms with Crippen LogP contribution < -0.4 is 4.90 Å². The van der Waals surface area contributed by atoms with Crippen molar-refractivity contribution in [2.75, 3.05) is 18.1 Å². The molecule has 5 rings (SSSR count). The first kappa shape index (κ1) is 30.9. The maximum Gasteiger partial charge on any atom is 0.226 e. The highest BCUT2D eigenvalue weighted by Gasteiger charge is 2.50. The third-order valence-electron chi connectivity index (χ3n) is 9.77. The van der Waals surface area contributed by atoms with E-state index >= 15 is 0 Å². The maximum atomic E-state index is 13.7. The van der Waals surface area contributed by atoms with E-state index in [4.69, 9.17) is 4.74 Å². The average molecular weight is 593 g/mol. The third-order valence-corrected chi connectivity index (χ3v) is 12.3. The first-order valence-corrected chi connectivity index (χ1v) is 18.9. The molecule has 5 atom stereocenters. The van der Waals surface area contributed by atoms with E-state index in [1.165, 1.54) is 17.5 Å². The first-order chi connectivity index (χ1) is 20.2. The van der Waals surface area contributed by atoms with E-state index in [2.05, 4.69) is 43.3 Å². The molecule has 7 nitrogen and oxygen atoms in total. The van der Waals surface area contributed by atoms with Gasteiger partial charge in [0.05, 0.1) is 31.3 Å². The number of ether oxygens (including phenoxy) is 1. The van der Waals surface area contributed by atoms with E-state index in [1.54, 1.807) is 0 Å². The molecule has 0 spiro atoms. The topological polar surface area (TPSA) is 90.3 Å². The number of nitrogens with zero attached hydrogens (tertiary/aromatic N) is 2. The van der Waals surface area contributed by atoms with Crippen molar-refractivity contribution >= 4 is 25.8 Å². The van der Waals surface area contributed by atoms with Crippen LogP contribution in [-0.4, -0.2) is 66.3 Å². The lowest BCUT2D eigenvalue weighted by molar-refractivity contribution is -0.138. The number of carbonyl (C=O) groups is 2. The quantitative estimate of drug-likeness (QED) is 0.410. The van der Waals surface area contributed by atoms with Crippen molar-refractivity contribution < 1.29 is 24.2 Å². The van der Waals surface area contributed by atoms with Gasteiger partial charge in [-0.05, 0) is 79.9 Å². The molecule has 2 aromatic rings. The normalized spacial score (nSPS) is 27.0. The van der Waals surface area contributed by atoms with Crippen molar-refractivity contribution in [3.8, 4) is 0 Å². The van der Waals surface area contributed by atoms with E-state index in [-0.39, 0.29) is 54.6 Å². The Morgan fingerprint density at radius 2 is 1.71 bits per heavy atom. The Morgan fingerprint density at radius 3 is 2.43 bits per heavy atom. The van der Waals surface area contributed by atoms with Gasteiger partial charge in [0.1, 0.15) is 0 Å². The average Bonchev–Trinajstić information content (AvgIpc) is 3.28. The van der Waals surface area contributed by atoms with Gasteiger partial charge in [-0.15, -0.1) is 0 Å². The Bertz CT molecular complexity index is 1230. The van der Waals surface area contributed by atoms with Crippen LogP contribution in [0.15, 0.2) is 48.5 Å². The van der Waals surface area contributed by atoms with Crippen molar-refractivity contribution in [1.82, 2.24) is 4.90 Å². The van der Waals surface area contributed by atoms with Gasteiger partial charge in [-0.1, -0.05) is 56.2 Å². The molecule has 42 heavy (non-hydrogen) atoms. The van der Waals surface area contributed by atoms with Gasteiger partial charge in [-0.3, -0.25) is 9.59 Å². The predicted octanol–water partition coefficient (Wildman–Crippen LogP) is 5.22. The molecule has 0 bridgehead atoms. The number of aliphatic hydroxyl groups is 1. The summed E-state index contributed by atoms with van der Waals surface area (Å²) in [5.41, 5.74) is 4.45. The Hall–Kier alpha value is -2.52. The minimum atomic E-state index is -2.62. The Labute approximate surface area is 252 Å². The number of fused-ring (bicyclic) bond motifs is 1. The molecule has 2 aromatic carbocycles. The molecule has 2 fully saturated rings.